The molecular weight excluding hydrogens is 359 g/mol. The average Bonchev–Trinajstić information content (AvgIpc) is 2.49. The van der Waals surface area contributed by atoms with Gasteiger partial charge in [0.1, 0.15) is 16.4 Å². The summed E-state index contributed by atoms with van der Waals surface area (Å²) in [6.07, 6.45) is 0.910. The Hall–Kier alpha value is -2.19. The van der Waals surface area contributed by atoms with E-state index in [0.29, 0.717) is 5.56 Å². The molecule has 0 heterocycles. The summed E-state index contributed by atoms with van der Waals surface area (Å²) in [6.45, 7) is 0.141. The van der Waals surface area contributed by atoms with Crippen LogP contribution in [0.15, 0.2) is 41.3 Å². The zero-order valence-electron chi connectivity index (χ0n) is 12.9. The molecule has 0 unspecified atom stereocenters. The van der Waals surface area contributed by atoms with E-state index in [1.807, 2.05) is 0 Å². The second-order valence-corrected chi connectivity index (χ2v) is 7.65. The molecule has 24 heavy (non-hydrogen) atoms. The van der Waals surface area contributed by atoms with Gasteiger partial charge in [0.05, 0.1) is 9.95 Å². The highest BCUT2D eigenvalue weighted by atomic mass is 35.5. The lowest BCUT2D eigenvalue weighted by atomic mass is 10.2. The Morgan fingerprint density at radius 1 is 1.29 bits per heavy atom. The molecule has 0 saturated heterocycles. The third-order valence-electron chi connectivity index (χ3n) is 3.37. The monoisotopic (exact) mass is 372 g/mol. The first-order valence-corrected chi connectivity index (χ1v) is 9.00. The number of para-hydroxylation sites is 1. The number of hydrogen-bond donors (Lipinski definition) is 0. The minimum Gasteiger partial charge on any atom is -0.365 e. The summed E-state index contributed by atoms with van der Waals surface area (Å²) in [5, 5.41) is 11.4. The Morgan fingerprint density at radius 2 is 1.96 bits per heavy atom. The van der Waals surface area contributed by atoms with Crippen molar-refractivity contribution in [3.05, 3.63) is 62.9 Å². The Bertz CT molecular complexity index is 902. The predicted molar refractivity (Wildman–Crippen MR) is 89.7 cm³/mol. The Morgan fingerprint density at radius 3 is 2.50 bits per heavy atom. The number of sulfone groups is 1. The topological polar surface area (TPSA) is 80.5 Å². The van der Waals surface area contributed by atoms with Crippen LogP contribution in [0.5, 0.6) is 0 Å². The van der Waals surface area contributed by atoms with E-state index in [-0.39, 0.29) is 22.2 Å². The predicted octanol–water partition coefficient (Wildman–Crippen LogP) is 3.43. The summed E-state index contributed by atoms with van der Waals surface area (Å²) in [6, 6.07) is 8.27. The third kappa shape index (κ3) is 3.82. The van der Waals surface area contributed by atoms with Crippen molar-refractivity contribution in [2.24, 2.45) is 0 Å². The number of hydrogen-bond acceptors (Lipinski definition) is 5. The molecule has 0 saturated carbocycles. The van der Waals surface area contributed by atoms with E-state index >= 15 is 0 Å². The average molecular weight is 373 g/mol. The number of rotatable bonds is 5. The van der Waals surface area contributed by atoms with E-state index in [0.717, 1.165) is 6.26 Å². The molecule has 0 atom stereocenters. The zero-order valence-corrected chi connectivity index (χ0v) is 14.4. The van der Waals surface area contributed by atoms with Crippen LogP contribution in [0.2, 0.25) is 5.02 Å². The van der Waals surface area contributed by atoms with Crippen LogP contribution in [0.25, 0.3) is 0 Å². The number of halogens is 2. The summed E-state index contributed by atoms with van der Waals surface area (Å²) < 4.78 is 37.1. The highest BCUT2D eigenvalue weighted by Crippen LogP contribution is 2.34. The van der Waals surface area contributed by atoms with E-state index in [1.165, 1.54) is 35.2 Å². The van der Waals surface area contributed by atoms with Gasteiger partial charge in [-0.3, -0.25) is 10.1 Å². The quantitative estimate of drug-likeness (QED) is 0.593. The minimum atomic E-state index is -3.77. The van der Waals surface area contributed by atoms with Gasteiger partial charge in [0.2, 0.25) is 0 Å². The molecule has 6 nitrogen and oxygen atoms in total. The van der Waals surface area contributed by atoms with Crippen LogP contribution in [0.3, 0.4) is 0 Å². The maximum absolute atomic E-state index is 13.5. The molecule has 0 fully saturated rings. The van der Waals surface area contributed by atoms with Gasteiger partial charge in [-0.25, -0.2) is 12.8 Å². The molecule has 0 aliphatic rings. The van der Waals surface area contributed by atoms with Gasteiger partial charge in [-0.05, 0) is 29.8 Å². The number of anilines is 1. The Kier molecular flexibility index (Phi) is 5.10. The molecule has 0 aliphatic heterocycles. The summed E-state index contributed by atoms with van der Waals surface area (Å²) in [4.78, 5) is 11.8. The van der Waals surface area contributed by atoms with Crippen LogP contribution in [0.1, 0.15) is 5.56 Å². The highest BCUT2D eigenvalue weighted by molar-refractivity contribution is 7.90. The van der Waals surface area contributed by atoms with E-state index < -0.39 is 26.3 Å². The molecule has 0 aliphatic carbocycles. The van der Waals surface area contributed by atoms with E-state index in [2.05, 4.69) is 0 Å². The molecule has 0 radical (unpaired) electrons. The fourth-order valence-corrected chi connectivity index (χ4v) is 3.27. The van der Waals surface area contributed by atoms with E-state index in [1.54, 1.807) is 13.1 Å². The van der Waals surface area contributed by atoms with Crippen LogP contribution >= 0.6 is 11.6 Å². The molecule has 2 rings (SSSR count). The third-order valence-corrected chi connectivity index (χ3v) is 4.81. The summed E-state index contributed by atoms with van der Waals surface area (Å²) >= 11 is 5.63. The van der Waals surface area contributed by atoms with E-state index in [4.69, 9.17) is 11.6 Å². The van der Waals surface area contributed by atoms with Gasteiger partial charge in [0.15, 0.2) is 9.84 Å². The van der Waals surface area contributed by atoms with Crippen molar-refractivity contribution < 1.29 is 17.7 Å². The number of nitro groups is 1. The van der Waals surface area contributed by atoms with Crippen molar-refractivity contribution in [3.8, 4) is 0 Å². The summed E-state index contributed by atoms with van der Waals surface area (Å²) in [7, 11) is -2.21. The Balaban J connectivity index is 2.47. The molecule has 0 N–H and O–H groups in total. The maximum Gasteiger partial charge on any atom is 0.311 e. The van der Waals surface area contributed by atoms with E-state index in [9.17, 15) is 22.9 Å². The van der Waals surface area contributed by atoms with Gasteiger partial charge in [0, 0.05) is 19.8 Å². The Labute approximate surface area is 143 Å². The van der Waals surface area contributed by atoms with Crippen LogP contribution in [-0.2, 0) is 16.4 Å². The lowest BCUT2D eigenvalue weighted by Crippen LogP contribution is -2.19. The lowest BCUT2D eigenvalue weighted by molar-refractivity contribution is -0.387. The molecule has 128 valence electrons. The van der Waals surface area contributed by atoms with Gasteiger partial charge < -0.3 is 4.90 Å². The summed E-state index contributed by atoms with van der Waals surface area (Å²) in [5.74, 6) is -0.595. The molecule has 0 bridgehead atoms. The van der Waals surface area contributed by atoms with Crippen molar-refractivity contribution in [1.29, 1.82) is 0 Å². The summed E-state index contributed by atoms with van der Waals surface area (Å²) in [5.41, 5.74) is 0.161. The number of nitro benzene ring substituents is 1. The molecule has 0 spiro atoms. The zero-order chi connectivity index (χ0) is 18.1. The van der Waals surface area contributed by atoms with Gasteiger partial charge in [-0.2, -0.15) is 0 Å². The molecule has 9 heteroatoms. The first-order chi connectivity index (χ1) is 11.1. The second kappa shape index (κ2) is 6.74. The van der Waals surface area contributed by atoms with Crippen molar-refractivity contribution in [2.45, 2.75) is 11.4 Å². The SMILES string of the molecule is CN(Cc1ccc(Cl)c(F)c1)c1cccc(S(C)(=O)=O)c1[N+](=O)[O-]. The molecule has 2 aromatic carbocycles. The number of benzene rings is 2. The largest absolute Gasteiger partial charge is 0.365 e. The van der Waals surface area contributed by atoms with Crippen molar-refractivity contribution in [1.82, 2.24) is 0 Å². The van der Waals surface area contributed by atoms with Crippen LogP contribution in [0, 0.1) is 15.9 Å². The maximum atomic E-state index is 13.5. The van der Waals surface area contributed by atoms with Crippen LogP contribution in [0.4, 0.5) is 15.8 Å². The van der Waals surface area contributed by atoms with Gasteiger partial charge in [-0.1, -0.05) is 23.7 Å². The van der Waals surface area contributed by atoms with Crippen LogP contribution in [-0.4, -0.2) is 26.6 Å². The van der Waals surface area contributed by atoms with Gasteiger partial charge in [-0.15, -0.1) is 0 Å². The molecular formula is C15H14ClFN2O4S. The number of nitrogens with zero attached hydrogens (tertiary/aromatic N) is 2. The highest BCUT2D eigenvalue weighted by Gasteiger charge is 2.27. The first kappa shape index (κ1) is 18.2. The normalized spacial score (nSPS) is 11.3. The van der Waals surface area contributed by atoms with Gasteiger partial charge in [0.25, 0.3) is 0 Å². The smallest absolute Gasteiger partial charge is 0.311 e. The van der Waals surface area contributed by atoms with Crippen molar-refractivity contribution in [3.63, 3.8) is 0 Å². The standard InChI is InChI=1S/C15H14ClFN2O4S/c1-18(9-10-6-7-11(16)12(17)8-10)13-4-3-5-14(24(2,22)23)15(13)19(20)21/h3-8H,9H2,1-2H3. The molecule has 0 aromatic heterocycles. The molecule has 2 aromatic rings. The minimum absolute atomic E-state index is 0.0218. The first-order valence-electron chi connectivity index (χ1n) is 6.74. The second-order valence-electron chi connectivity index (χ2n) is 5.26. The molecule has 0 amide bonds. The lowest BCUT2D eigenvalue weighted by Gasteiger charge is -2.20. The van der Waals surface area contributed by atoms with Gasteiger partial charge >= 0.3 is 5.69 Å². The fourth-order valence-electron chi connectivity index (χ4n) is 2.30. The van der Waals surface area contributed by atoms with Crippen LogP contribution < -0.4 is 4.90 Å². The van der Waals surface area contributed by atoms with Crippen molar-refractivity contribution in [2.75, 3.05) is 18.2 Å². The fraction of sp³-hybridized carbons (Fsp3) is 0.200. The van der Waals surface area contributed by atoms with Crippen molar-refractivity contribution >= 4 is 32.8 Å².